The van der Waals surface area contributed by atoms with Crippen LogP contribution in [0.1, 0.15) is 42.3 Å². The number of amides is 2. The Morgan fingerprint density at radius 2 is 1.82 bits per heavy atom. The zero-order valence-corrected chi connectivity index (χ0v) is 21.6. The highest BCUT2D eigenvalue weighted by atomic mass is 35.5. The van der Waals surface area contributed by atoms with Gasteiger partial charge in [0.05, 0.1) is 21.8 Å². The summed E-state index contributed by atoms with van der Waals surface area (Å²) >= 11 is 6.13. The van der Waals surface area contributed by atoms with Gasteiger partial charge in [-0.15, -0.1) is 0 Å². The van der Waals surface area contributed by atoms with E-state index in [1.165, 1.54) is 36.5 Å². The topological polar surface area (TPSA) is 109 Å². The van der Waals surface area contributed by atoms with E-state index in [1.807, 2.05) is 0 Å². The van der Waals surface area contributed by atoms with Crippen molar-refractivity contribution in [3.63, 3.8) is 0 Å². The third-order valence-corrected chi connectivity index (χ3v) is 5.89. The maximum Gasteiger partial charge on any atom is 0.416 e. The van der Waals surface area contributed by atoms with Crippen molar-refractivity contribution in [2.45, 2.75) is 33.5 Å². The van der Waals surface area contributed by atoms with E-state index in [0.29, 0.717) is 0 Å². The van der Waals surface area contributed by atoms with Crippen LogP contribution >= 0.6 is 11.6 Å². The first-order valence-corrected chi connectivity index (χ1v) is 11.9. The van der Waals surface area contributed by atoms with Crippen LogP contribution in [0, 0.1) is 11.2 Å². The number of alkyl halides is 3. The van der Waals surface area contributed by atoms with Crippen LogP contribution in [0.25, 0.3) is 11.1 Å². The third kappa shape index (κ3) is 6.11. The van der Waals surface area contributed by atoms with E-state index >= 15 is 4.39 Å². The predicted molar refractivity (Wildman–Crippen MR) is 137 cm³/mol. The number of halogens is 5. The molecule has 2 amide bonds. The van der Waals surface area contributed by atoms with Gasteiger partial charge >= 0.3 is 6.18 Å². The summed E-state index contributed by atoms with van der Waals surface area (Å²) in [6, 6.07) is 8.54. The molecule has 0 unspecified atom stereocenters. The SMILES string of the molecule is CC(C)(C)C(=O)NCc1ccc(Cl)c(C(=O)Nc2ccnc3c(Nc4cccc(C(F)(F)F)c4)noc23)c1F. The molecule has 2 aromatic heterocycles. The summed E-state index contributed by atoms with van der Waals surface area (Å²) in [4.78, 5) is 29.3. The number of hydrogen-bond donors (Lipinski definition) is 3. The van der Waals surface area contributed by atoms with E-state index in [4.69, 9.17) is 16.1 Å². The lowest BCUT2D eigenvalue weighted by atomic mass is 9.95. The molecule has 0 bridgehead atoms. The second-order valence-corrected chi connectivity index (χ2v) is 9.96. The molecule has 4 rings (SSSR count). The molecule has 204 valence electrons. The molecule has 3 N–H and O–H groups in total. The van der Waals surface area contributed by atoms with Crippen LogP contribution < -0.4 is 16.0 Å². The standard InChI is InChI=1S/C26H22ClF4N5O3/c1-25(2,3)24(38)33-12-13-7-8-16(27)18(19(13)28)23(37)35-17-9-10-32-20-21(17)39-36-22(20)34-15-6-4-5-14(11-15)26(29,30)31/h4-11H,12H2,1-3H3,(H,33,38)(H,34,36)(H,32,35,37). The number of carbonyl (C=O) groups is 2. The molecule has 0 saturated heterocycles. The zero-order chi connectivity index (χ0) is 28.5. The minimum atomic E-state index is -4.54. The molecule has 8 nitrogen and oxygen atoms in total. The Balaban J connectivity index is 1.58. The highest BCUT2D eigenvalue weighted by molar-refractivity contribution is 6.34. The summed E-state index contributed by atoms with van der Waals surface area (Å²) in [6.07, 6.45) is -3.23. The van der Waals surface area contributed by atoms with Crippen molar-refractivity contribution in [3.05, 3.63) is 76.2 Å². The fraction of sp³-hybridized carbons (Fsp3) is 0.231. The van der Waals surface area contributed by atoms with Crippen LogP contribution in [0.3, 0.4) is 0 Å². The monoisotopic (exact) mass is 563 g/mol. The Morgan fingerprint density at radius 3 is 2.51 bits per heavy atom. The Labute approximate surface area is 224 Å². The van der Waals surface area contributed by atoms with Gasteiger partial charge in [-0.3, -0.25) is 9.59 Å². The summed E-state index contributed by atoms with van der Waals surface area (Å²) in [6.45, 7) is 4.96. The van der Waals surface area contributed by atoms with Gasteiger partial charge in [0.2, 0.25) is 17.3 Å². The van der Waals surface area contributed by atoms with E-state index in [2.05, 4.69) is 26.1 Å². The zero-order valence-electron chi connectivity index (χ0n) is 20.8. The molecule has 0 fully saturated rings. The van der Waals surface area contributed by atoms with Gasteiger partial charge in [0, 0.05) is 29.4 Å². The van der Waals surface area contributed by atoms with Gasteiger partial charge in [-0.2, -0.15) is 13.2 Å². The molecule has 0 radical (unpaired) electrons. The van der Waals surface area contributed by atoms with Crippen LogP contribution in [0.5, 0.6) is 0 Å². The first-order chi connectivity index (χ1) is 18.3. The lowest BCUT2D eigenvalue weighted by Gasteiger charge is -2.18. The second-order valence-electron chi connectivity index (χ2n) is 9.55. The average Bonchev–Trinajstić information content (AvgIpc) is 3.26. The van der Waals surface area contributed by atoms with Crippen molar-refractivity contribution in [1.29, 1.82) is 0 Å². The molecule has 13 heteroatoms. The van der Waals surface area contributed by atoms with Crippen LogP contribution in [-0.4, -0.2) is 22.0 Å². The molecule has 2 aromatic carbocycles. The summed E-state index contributed by atoms with van der Waals surface area (Å²) in [5, 5.41) is 11.5. The van der Waals surface area contributed by atoms with Crippen LogP contribution in [0.2, 0.25) is 5.02 Å². The Kier molecular flexibility index (Phi) is 7.51. The van der Waals surface area contributed by atoms with Crippen molar-refractivity contribution in [1.82, 2.24) is 15.5 Å². The fourth-order valence-corrected chi connectivity index (χ4v) is 3.73. The highest BCUT2D eigenvalue weighted by Crippen LogP contribution is 2.34. The van der Waals surface area contributed by atoms with E-state index in [-0.39, 0.29) is 51.3 Å². The van der Waals surface area contributed by atoms with E-state index in [9.17, 15) is 22.8 Å². The van der Waals surface area contributed by atoms with Gasteiger partial charge in [-0.05, 0) is 30.3 Å². The van der Waals surface area contributed by atoms with E-state index in [0.717, 1.165) is 12.1 Å². The van der Waals surface area contributed by atoms with Gasteiger partial charge in [-0.1, -0.05) is 49.7 Å². The molecule has 0 aliphatic carbocycles. The fourth-order valence-electron chi connectivity index (χ4n) is 3.50. The van der Waals surface area contributed by atoms with Gasteiger partial charge in [0.25, 0.3) is 5.91 Å². The maximum atomic E-state index is 15.3. The van der Waals surface area contributed by atoms with Crippen LogP contribution in [-0.2, 0) is 17.5 Å². The average molecular weight is 564 g/mol. The molecule has 0 aliphatic heterocycles. The smallest absolute Gasteiger partial charge is 0.351 e. The van der Waals surface area contributed by atoms with Crippen LogP contribution in [0.4, 0.5) is 34.8 Å². The number of aromatic nitrogens is 2. The number of benzene rings is 2. The number of carbonyl (C=O) groups excluding carboxylic acids is 2. The third-order valence-electron chi connectivity index (χ3n) is 5.58. The van der Waals surface area contributed by atoms with E-state index in [1.54, 1.807) is 20.8 Å². The largest absolute Gasteiger partial charge is 0.416 e. The lowest BCUT2D eigenvalue weighted by molar-refractivity contribution is -0.137. The molecule has 0 saturated carbocycles. The number of nitrogens with one attached hydrogen (secondary N) is 3. The van der Waals surface area contributed by atoms with Crippen molar-refractivity contribution in [2.24, 2.45) is 5.41 Å². The molecule has 39 heavy (non-hydrogen) atoms. The lowest BCUT2D eigenvalue weighted by Crippen LogP contribution is -2.34. The Bertz CT molecular complexity index is 1560. The van der Waals surface area contributed by atoms with Crippen molar-refractivity contribution in [2.75, 3.05) is 10.6 Å². The summed E-state index contributed by atoms with van der Waals surface area (Å²) in [7, 11) is 0. The normalized spacial score (nSPS) is 11.9. The molecular formula is C26H22ClF4N5O3. The van der Waals surface area contributed by atoms with Crippen molar-refractivity contribution < 1.29 is 31.7 Å². The summed E-state index contributed by atoms with van der Waals surface area (Å²) in [5.41, 5.74) is -1.71. The number of rotatable bonds is 6. The highest BCUT2D eigenvalue weighted by Gasteiger charge is 2.30. The number of nitrogens with zero attached hydrogens (tertiary/aromatic N) is 2. The van der Waals surface area contributed by atoms with Gasteiger partial charge in [0.1, 0.15) is 5.82 Å². The van der Waals surface area contributed by atoms with Crippen molar-refractivity contribution in [3.8, 4) is 0 Å². The summed E-state index contributed by atoms with van der Waals surface area (Å²) < 4.78 is 59.7. The minimum Gasteiger partial charge on any atom is -0.351 e. The molecule has 0 spiro atoms. The maximum absolute atomic E-state index is 15.3. The molecule has 2 heterocycles. The number of pyridine rings is 1. The molecular weight excluding hydrogens is 542 g/mol. The quantitative estimate of drug-likeness (QED) is 0.225. The van der Waals surface area contributed by atoms with Gasteiger partial charge < -0.3 is 20.5 Å². The Morgan fingerprint density at radius 1 is 1.08 bits per heavy atom. The first-order valence-electron chi connectivity index (χ1n) is 11.5. The molecule has 4 aromatic rings. The number of anilines is 3. The Hall–Kier alpha value is -4.19. The molecule has 0 aliphatic rings. The second kappa shape index (κ2) is 10.5. The van der Waals surface area contributed by atoms with Crippen molar-refractivity contribution >= 4 is 51.7 Å². The molecule has 0 atom stereocenters. The van der Waals surface area contributed by atoms with E-state index < -0.39 is 34.4 Å². The number of hydrogen-bond acceptors (Lipinski definition) is 6. The van der Waals surface area contributed by atoms with Gasteiger partial charge in [0.15, 0.2) is 5.52 Å². The van der Waals surface area contributed by atoms with Gasteiger partial charge in [-0.25, -0.2) is 9.37 Å². The summed E-state index contributed by atoms with van der Waals surface area (Å²) in [5.74, 6) is -2.12. The predicted octanol–water partition coefficient (Wildman–Crippen LogP) is 6.69. The first kappa shape index (κ1) is 27.8. The number of fused-ring (bicyclic) bond motifs is 1. The minimum absolute atomic E-state index is 0.00113. The van der Waals surface area contributed by atoms with Crippen LogP contribution in [0.15, 0.2) is 53.2 Å².